The van der Waals surface area contributed by atoms with E-state index in [0.29, 0.717) is 5.92 Å². The van der Waals surface area contributed by atoms with Gasteiger partial charge in [-0.3, -0.25) is 4.90 Å². The van der Waals surface area contributed by atoms with Gasteiger partial charge in [-0.25, -0.2) is 14.6 Å². The molecule has 2 saturated heterocycles. The van der Waals surface area contributed by atoms with E-state index in [1.807, 2.05) is 38.2 Å². The number of ether oxygens (including phenoxy) is 1. The van der Waals surface area contributed by atoms with Gasteiger partial charge in [-0.05, 0) is 44.7 Å². The van der Waals surface area contributed by atoms with Crippen LogP contribution in [0.5, 0.6) is 0 Å². The lowest BCUT2D eigenvalue weighted by Gasteiger charge is -2.46. The quantitative estimate of drug-likeness (QED) is 0.462. The average molecular weight is 570 g/mol. The number of pyridine rings is 1. The maximum atomic E-state index is 10.6. The van der Waals surface area contributed by atoms with Gasteiger partial charge in [-0.2, -0.15) is 26.3 Å². The van der Waals surface area contributed by atoms with Crippen molar-refractivity contribution in [2.45, 2.75) is 57.7 Å². The van der Waals surface area contributed by atoms with Crippen LogP contribution in [0.3, 0.4) is 0 Å². The topological polar surface area (TPSA) is 138 Å². The van der Waals surface area contributed by atoms with Crippen LogP contribution in [0.25, 0.3) is 0 Å². The van der Waals surface area contributed by atoms with Gasteiger partial charge >= 0.3 is 24.3 Å². The number of carboxylic acid groups (broad SMARTS) is 2. The van der Waals surface area contributed by atoms with E-state index in [1.165, 1.54) is 12.0 Å². The van der Waals surface area contributed by atoms with Crippen molar-refractivity contribution >= 4 is 17.8 Å². The van der Waals surface area contributed by atoms with Crippen molar-refractivity contribution in [3.63, 3.8) is 0 Å². The fourth-order valence-corrected chi connectivity index (χ4v) is 4.14. The fraction of sp³-hybridized carbons (Fsp3) is 0.565. The predicted octanol–water partition coefficient (Wildman–Crippen LogP) is 4.04. The molecule has 2 fully saturated rings. The number of aromatic nitrogens is 2. The SMILES string of the molecule is Cc1noc(C)c1CN1C[C@@H]2CCCO[C@@H]2[C@H](Nc2ccccn2)C1.O=C(O)C(F)(F)F.O=C(O)C(F)(F)F. The molecule has 4 heterocycles. The highest BCUT2D eigenvalue weighted by molar-refractivity contribution is 5.73. The van der Waals surface area contributed by atoms with Crippen LogP contribution in [0.2, 0.25) is 0 Å². The summed E-state index contributed by atoms with van der Waals surface area (Å²) < 4.78 is 75.0. The van der Waals surface area contributed by atoms with Gasteiger partial charge in [0.2, 0.25) is 0 Å². The summed E-state index contributed by atoms with van der Waals surface area (Å²) in [6, 6.07) is 6.22. The van der Waals surface area contributed by atoms with Crippen LogP contribution >= 0.6 is 0 Å². The standard InChI is InChI=1S/C19H26N4O2.2C2HF3O2/c1-13-16(14(2)25-22-13)11-23-10-15-6-5-9-24-19(15)17(12-23)21-18-7-3-4-8-20-18;2*3-2(4,5)1(6)7/h3-4,7-8,15,17,19H,5-6,9-12H2,1-2H3,(H,20,21);2*(H,6,7)/t15-,17+,19-;;/m0../s1. The van der Waals surface area contributed by atoms with E-state index in [2.05, 4.69) is 20.4 Å². The largest absolute Gasteiger partial charge is 0.490 e. The third-order valence-corrected chi connectivity index (χ3v) is 5.88. The van der Waals surface area contributed by atoms with Crippen molar-refractivity contribution in [1.29, 1.82) is 0 Å². The smallest absolute Gasteiger partial charge is 0.475 e. The molecule has 2 aliphatic heterocycles. The second-order valence-corrected chi connectivity index (χ2v) is 8.81. The predicted molar refractivity (Wildman–Crippen MR) is 123 cm³/mol. The number of hydrogen-bond acceptors (Lipinski definition) is 8. The number of fused-ring (bicyclic) bond motifs is 1. The van der Waals surface area contributed by atoms with E-state index in [-0.39, 0.29) is 12.1 Å². The first-order chi connectivity index (χ1) is 18.1. The summed E-state index contributed by atoms with van der Waals surface area (Å²) >= 11 is 0. The molecule has 218 valence electrons. The minimum atomic E-state index is -5.08. The van der Waals surface area contributed by atoms with Crippen molar-refractivity contribution < 1.29 is 55.4 Å². The highest BCUT2D eigenvalue weighted by atomic mass is 19.4. The Morgan fingerprint density at radius 1 is 1.08 bits per heavy atom. The zero-order chi connectivity index (χ0) is 29.4. The molecule has 2 aromatic rings. The summed E-state index contributed by atoms with van der Waals surface area (Å²) in [5.41, 5.74) is 2.21. The number of hydrogen-bond donors (Lipinski definition) is 3. The molecule has 3 atom stereocenters. The number of carbonyl (C=O) groups is 2. The Hall–Kier alpha value is -3.40. The number of anilines is 1. The van der Waals surface area contributed by atoms with Crippen molar-refractivity contribution in [3.8, 4) is 0 Å². The number of piperidine rings is 1. The normalized spacial score (nSPS) is 21.4. The van der Waals surface area contributed by atoms with Crippen LogP contribution in [0.1, 0.15) is 29.9 Å². The molecule has 0 bridgehead atoms. The Morgan fingerprint density at radius 3 is 2.18 bits per heavy atom. The van der Waals surface area contributed by atoms with Gasteiger partial charge in [-0.15, -0.1) is 0 Å². The molecule has 0 aromatic carbocycles. The van der Waals surface area contributed by atoms with E-state index in [4.69, 9.17) is 29.1 Å². The lowest BCUT2D eigenvalue weighted by molar-refractivity contribution is -0.193. The number of carboxylic acids is 2. The Morgan fingerprint density at radius 2 is 1.69 bits per heavy atom. The maximum Gasteiger partial charge on any atom is 0.490 e. The first kappa shape index (κ1) is 31.8. The van der Waals surface area contributed by atoms with Gasteiger partial charge in [0.25, 0.3) is 0 Å². The van der Waals surface area contributed by atoms with Crippen LogP contribution in [0.15, 0.2) is 28.9 Å². The number of nitrogens with zero attached hydrogens (tertiary/aromatic N) is 3. The zero-order valence-electron chi connectivity index (χ0n) is 20.9. The highest BCUT2D eigenvalue weighted by Crippen LogP contribution is 2.31. The van der Waals surface area contributed by atoms with E-state index in [0.717, 1.165) is 49.9 Å². The number of aryl methyl sites for hydroxylation is 2. The van der Waals surface area contributed by atoms with Crippen LogP contribution in [0.4, 0.5) is 32.2 Å². The van der Waals surface area contributed by atoms with Crippen molar-refractivity contribution in [3.05, 3.63) is 41.4 Å². The lowest BCUT2D eigenvalue weighted by Crippen LogP contribution is -2.57. The van der Waals surface area contributed by atoms with E-state index >= 15 is 0 Å². The molecule has 0 amide bonds. The first-order valence-corrected chi connectivity index (χ1v) is 11.6. The molecular weight excluding hydrogens is 542 g/mol. The minimum Gasteiger partial charge on any atom is -0.475 e. The van der Waals surface area contributed by atoms with Gasteiger partial charge < -0.3 is 24.8 Å². The first-order valence-electron chi connectivity index (χ1n) is 11.6. The van der Waals surface area contributed by atoms with Crippen molar-refractivity contribution in [2.24, 2.45) is 5.92 Å². The van der Waals surface area contributed by atoms with E-state index in [9.17, 15) is 26.3 Å². The van der Waals surface area contributed by atoms with Gasteiger partial charge in [0.15, 0.2) is 0 Å². The van der Waals surface area contributed by atoms with Crippen LogP contribution < -0.4 is 5.32 Å². The third-order valence-electron chi connectivity index (χ3n) is 5.88. The molecule has 0 aliphatic carbocycles. The molecule has 0 unspecified atom stereocenters. The van der Waals surface area contributed by atoms with Gasteiger partial charge in [0.1, 0.15) is 11.6 Å². The molecular formula is C23H28F6N4O6. The third kappa shape index (κ3) is 10.0. The number of alkyl halides is 6. The fourth-order valence-electron chi connectivity index (χ4n) is 4.14. The average Bonchev–Trinajstić information content (AvgIpc) is 3.16. The van der Waals surface area contributed by atoms with Gasteiger partial charge in [0.05, 0.1) is 17.8 Å². The number of rotatable bonds is 4. The second-order valence-electron chi connectivity index (χ2n) is 8.81. The Bertz CT molecular complexity index is 1040. The maximum absolute atomic E-state index is 10.6. The zero-order valence-corrected chi connectivity index (χ0v) is 20.9. The van der Waals surface area contributed by atoms with E-state index < -0.39 is 24.3 Å². The molecule has 2 aromatic heterocycles. The summed E-state index contributed by atoms with van der Waals surface area (Å²) in [6.45, 7) is 7.76. The monoisotopic (exact) mass is 570 g/mol. The Balaban J connectivity index is 0.000000317. The minimum absolute atomic E-state index is 0.245. The Labute approximate surface area is 218 Å². The van der Waals surface area contributed by atoms with Gasteiger partial charge in [-0.1, -0.05) is 11.2 Å². The number of aliphatic carboxylic acids is 2. The molecule has 2 aliphatic rings. The molecule has 16 heteroatoms. The summed E-state index contributed by atoms with van der Waals surface area (Å²) in [5, 5.41) is 21.9. The van der Waals surface area contributed by atoms with Crippen LogP contribution in [-0.4, -0.2) is 81.4 Å². The lowest BCUT2D eigenvalue weighted by atomic mass is 9.85. The van der Waals surface area contributed by atoms with E-state index in [1.54, 1.807) is 0 Å². The molecule has 3 N–H and O–H groups in total. The molecule has 10 nitrogen and oxygen atoms in total. The van der Waals surface area contributed by atoms with Crippen molar-refractivity contribution in [2.75, 3.05) is 25.0 Å². The summed E-state index contributed by atoms with van der Waals surface area (Å²) in [5.74, 6) is -3.11. The molecule has 0 radical (unpaired) electrons. The van der Waals surface area contributed by atoms with Crippen LogP contribution in [0, 0.1) is 19.8 Å². The Kier molecular flexibility index (Phi) is 11.1. The molecule has 39 heavy (non-hydrogen) atoms. The second kappa shape index (κ2) is 13.6. The summed E-state index contributed by atoms with van der Waals surface area (Å²) in [7, 11) is 0. The molecule has 0 saturated carbocycles. The van der Waals surface area contributed by atoms with Crippen LogP contribution in [-0.2, 0) is 20.9 Å². The number of halogens is 6. The van der Waals surface area contributed by atoms with Crippen molar-refractivity contribution in [1.82, 2.24) is 15.0 Å². The number of nitrogens with one attached hydrogen (secondary N) is 1. The molecule has 0 spiro atoms. The number of likely N-dealkylation sites (tertiary alicyclic amines) is 1. The highest BCUT2D eigenvalue weighted by Gasteiger charge is 2.40. The summed E-state index contributed by atoms with van der Waals surface area (Å²) in [4.78, 5) is 24.7. The molecule has 4 rings (SSSR count). The van der Waals surface area contributed by atoms with Gasteiger partial charge in [0, 0.05) is 38.0 Å². The summed E-state index contributed by atoms with van der Waals surface area (Å²) in [6.07, 6.45) is -5.71.